The van der Waals surface area contributed by atoms with Crippen LogP contribution >= 0.6 is 15.6 Å². The summed E-state index contributed by atoms with van der Waals surface area (Å²) in [5.41, 5.74) is 0. The van der Waals surface area contributed by atoms with Gasteiger partial charge in [0.15, 0.2) is 6.10 Å². The first-order valence-electron chi connectivity index (χ1n) is 35.5. The molecule has 5 unspecified atom stereocenters. The van der Waals surface area contributed by atoms with Crippen LogP contribution in [0.3, 0.4) is 0 Å². The van der Waals surface area contributed by atoms with Crippen molar-refractivity contribution in [2.75, 3.05) is 39.6 Å². The van der Waals surface area contributed by atoms with E-state index in [0.29, 0.717) is 25.7 Å². The molecule has 532 valence electrons. The molecule has 0 heterocycles. The van der Waals surface area contributed by atoms with Crippen LogP contribution in [0.25, 0.3) is 0 Å². The van der Waals surface area contributed by atoms with Crippen LogP contribution in [0.4, 0.5) is 0 Å². The molecule has 0 aliphatic heterocycles. The molecular weight excluding hydrogens is 1220 g/mol. The van der Waals surface area contributed by atoms with Crippen molar-refractivity contribution in [1.82, 2.24) is 0 Å². The second-order valence-electron chi connectivity index (χ2n) is 23.3. The van der Waals surface area contributed by atoms with Crippen molar-refractivity contribution < 1.29 is 75.8 Å². The number of hydrogen-bond donors (Lipinski definition) is 4. The Kier molecular flexibility index (Phi) is 64.5. The Labute approximate surface area is 563 Å². The fraction of sp³-hybridized carbons (Fsp3) is 0.667. The molecule has 18 heteroatoms. The van der Waals surface area contributed by atoms with Gasteiger partial charge >= 0.3 is 33.6 Å². The number of aliphatic hydroxyl groups is 2. The van der Waals surface area contributed by atoms with E-state index < -0.39 is 91.5 Å². The average molecular weight is 1350 g/mol. The summed E-state index contributed by atoms with van der Waals surface area (Å²) in [5.74, 6) is -1.66. The monoisotopic (exact) mass is 1340 g/mol. The molecule has 0 aromatic carbocycles. The van der Waals surface area contributed by atoms with Crippen LogP contribution in [0.5, 0.6) is 0 Å². The fourth-order valence-corrected chi connectivity index (χ4v) is 10.6. The summed E-state index contributed by atoms with van der Waals surface area (Å²) in [6, 6.07) is 0. The Hall–Kier alpha value is -4.31. The molecule has 0 aliphatic carbocycles. The molecule has 0 aromatic heterocycles. The van der Waals surface area contributed by atoms with Crippen molar-refractivity contribution >= 4 is 33.6 Å². The molecule has 0 saturated carbocycles. The number of carbonyl (C=O) groups excluding carboxylic acids is 3. The van der Waals surface area contributed by atoms with Crippen molar-refractivity contribution in [3.05, 3.63) is 134 Å². The highest BCUT2D eigenvalue weighted by molar-refractivity contribution is 7.47. The van der Waals surface area contributed by atoms with Crippen LogP contribution in [-0.2, 0) is 55.8 Å². The molecule has 0 bridgehead atoms. The molecule has 0 spiro atoms. The Balaban J connectivity index is 4.64. The molecule has 0 amide bonds. The molecule has 5 atom stereocenters. The first-order valence-corrected chi connectivity index (χ1v) is 38.5. The number of allylic oxidation sites excluding steroid dienone is 22. The van der Waals surface area contributed by atoms with Crippen LogP contribution in [0.1, 0.15) is 265 Å². The lowest BCUT2D eigenvalue weighted by Gasteiger charge is -2.21. The summed E-state index contributed by atoms with van der Waals surface area (Å²) >= 11 is 0. The maximum Gasteiger partial charge on any atom is 0.472 e. The molecule has 0 radical (unpaired) electrons. The Bertz CT molecular complexity index is 2230. The van der Waals surface area contributed by atoms with Crippen LogP contribution in [0.2, 0.25) is 0 Å². The third-order valence-corrected chi connectivity index (χ3v) is 16.2. The highest BCUT2D eigenvalue weighted by atomic mass is 31.2. The van der Waals surface area contributed by atoms with Gasteiger partial charge in [0.2, 0.25) is 0 Å². The van der Waals surface area contributed by atoms with E-state index in [9.17, 15) is 43.5 Å². The SMILES string of the molecule is CC/C=C\C/C=C\C/C=C\C/C=C\C/C=C\CCCCCCCCCCCC(=O)OCC(O)COP(=O)(O)OCC(O)COP(=O)(O)OCC(COC(=O)CCC/C=C\C/C=C\C/C=C\C/C=C\C/C=C\CC)OC(=O)CCCCCCC/C=C\CCCCCCCC. The van der Waals surface area contributed by atoms with Gasteiger partial charge in [-0.1, -0.05) is 251 Å². The zero-order valence-electron chi connectivity index (χ0n) is 57.6. The summed E-state index contributed by atoms with van der Waals surface area (Å²) < 4.78 is 60.9. The molecule has 0 aromatic rings. The van der Waals surface area contributed by atoms with Gasteiger partial charge in [-0.2, -0.15) is 0 Å². The number of esters is 3. The van der Waals surface area contributed by atoms with Gasteiger partial charge in [0.05, 0.1) is 26.4 Å². The molecule has 0 saturated heterocycles. The summed E-state index contributed by atoms with van der Waals surface area (Å²) in [6.45, 7) is 2.34. The number of aliphatic hydroxyl groups excluding tert-OH is 2. The van der Waals surface area contributed by atoms with Gasteiger partial charge in [-0.25, -0.2) is 9.13 Å². The fourth-order valence-electron chi connectivity index (χ4n) is 8.98. The van der Waals surface area contributed by atoms with E-state index >= 15 is 0 Å². The predicted octanol–water partition coefficient (Wildman–Crippen LogP) is 20.0. The summed E-state index contributed by atoms with van der Waals surface area (Å²) in [5, 5.41) is 20.6. The number of rotatable bonds is 66. The van der Waals surface area contributed by atoms with Gasteiger partial charge in [-0.05, 0) is 128 Å². The minimum atomic E-state index is -4.94. The van der Waals surface area contributed by atoms with E-state index in [2.05, 4.69) is 142 Å². The largest absolute Gasteiger partial charge is 0.472 e. The van der Waals surface area contributed by atoms with Crippen molar-refractivity contribution in [2.45, 2.75) is 283 Å². The Morgan fingerprint density at radius 2 is 0.581 bits per heavy atom. The smallest absolute Gasteiger partial charge is 0.463 e. The van der Waals surface area contributed by atoms with Gasteiger partial charge in [-0.3, -0.25) is 32.5 Å². The maximum absolute atomic E-state index is 12.9. The molecular formula is C75H126O16P2. The van der Waals surface area contributed by atoms with Gasteiger partial charge in [-0.15, -0.1) is 0 Å². The normalized spacial score (nSPS) is 15.0. The van der Waals surface area contributed by atoms with Crippen molar-refractivity contribution in [2.24, 2.45) is 0 Å². The van der Waals surface area contributed by atoms with Crippen LogP contribution in [-0.4, -0.2) is 95.9 Å². The first-order chi connectivity index (χ1) is 45.2. The summed E-state index contributed by atoms with van der Waals surface area (Å²) in [6.07, 6.45) is 79.4. The number of carbonyl (C=O) groups is 3. The zero-order chi connectivity index (χ0) is 68.1. The van der Waals surface area contributed by atoms with Gasteiger partial charge in [0.1, 0.15) is 25.4 Å². The van der Waals surface area contributed by atoms with Gasteiger partial charge < -0.3 is 34.2 Å². The average Bonchev–Trinajstić information content (AvgIpc) is 2.84. The zero-order valence-corrected chi connectivity index (χ0v) is 59.4. The summed E-state index contributed by atoms with van der Waals surface area (Å²) in [7, 11) is -9.80. The molecule has 16 nitrogen and oxygen atoms in total. The standard InChI is InChI=1S/C75H126O16P2/c1-4-7-10-13-16-19-22-25-28-30-31-32-33-34-35-36-37-39-42-43-46-49-52-55-58-61-73(78)85-64-70(76)65-87-92(81,82)88-66-71(77)67-89-93(83,84)90-69-72(91-75(80)63-60-57-54-51-48-45-40-27-24-21-18-15-12-9-6-3)68-86-74(79)62-59-56-53-50-47-44-41-38-29-26-23-20-17-14-11-8-5-2/h7-8,10-11,16-17,19-20,25-29,31-32,34-35,40-41,44,50,53,70-72,76-77H,4-6,9,12-15,18,21-24,30,33,36-39,42-43,45-49,51-52,54-69H2,1-3H3,(H,81,82)(H,83,84)/b10-7-,11-8-,19-16-,20-17-,28-25-,29-26-,32-31-,35-34-,40-27-,44-41-,53-50-. The van der Waals surface area contributed by atoms with Crippen molar-refractivity contribution in [1.29, 1.82) is 0 Å². The van der Waals surface area contributed by atoms with E-state index in [1.807, 2.05) is 12.2 Å². The van der Waals surface area contributed by atoms with Gasteiger partial charge in [0.25, 0.3) is 0 Å². The number of phosphoric acid groups is 2. The Morgan fingerprint density at radius 3 is 0.957 bits per heavy atom. The molecule has 93 heavy (non-hydrogen) atoms. The predicted molar refractivity (Wildman–Crippen MR) is 380 cm³/mol. The number of hydrogen-bond acceptors (Lipinski definition) is 14. The second-order valence-corrected chi connectivity index (χ2v) is 26.2. The molecule has 4 N–H and O–H groups in total. The van der Waals surface area contributed by atoms with Crippen molar-refractivity contribution in [3.63, 3.8) is 0 Å². The van der Waals surface area contributed by atoms with Crippen LogP contribution < -0.4 is 0 Å². The molecule has 0 aliphatic rings. The lowest BCUT2D eigenvalue weighted by molar-refractivity contribution is -0.161. The first kappa shape index (κ1) is 88.7. The maximum atomic E-state index is 12.9. The van der Waals surface area contributed by atoms with Gasteiger partial charge in [0, 0.05) is 19.3 Å². The third-order valence-electron chi connectivity index (χ3n) is 14.3. The molecule has 0 fully saturated rings. The van der Waals surface area contributed by atoms with E-state index in [1.165, 1.54) is 64.2 Å². The van der Waals surface area contributed by atoms with Crippen molar-refractivity contribution in [3.8, 4) is 0 Å². The highest BCUT2D eigenvalue weighted by Crippen LogP contribution is 2.45. The Morgan fingerprint density at radius 1 is 0.312 bits per heavy atom. The number of phosphoric ester groups is 2. The number of ether oxygens (including phenoxy) is 3. The third kappa shape index (κ3) is 68.9. The van der Waals surface area contributed by atoms with E-state index in [1.54, 1.807) is 0 Å². The van der Waals surface area contributed by atoms with E-state index in [0.717, 1.165) is 135 Å². The lowest BCUT2D eigenvalue weighted by Crippen LogP contribution is -2.30. The quantitative estimate of drug-likeness (QED) is 0.0146. The van der Waals surface area contributed by atoms with Crippen LogP contribution in [0, 0.1) is 0 Å². The van der Waals surface area contributed by atoms with Crippen LogP contribution in [0.15, 0.2) is 134 Å². The van der Waals surface area contributed by atoms with E-state index in [4.69, 9.17) is 32.3 Å². The lowest BCUT2D eigenvalue weighted by atomic mass is 10.1. The second kappa shape index (κ2) is 67.7. The minimum absolute atomic E-state index is 0.0796. The summed E-state index contributed by atoms with van der Waals surface area (Å²) in [4.78, 5) is 58.4. The minimum Gasteiger partial charge on any atom is -0.463 e. The highest BCUT2D eigenvalue weighted by Gasteiger charge is 2.29. The van der Waals surface area contributed by atoms with E-state index in [-0.39, 0.29) is 19.3 Å². The number of unbranched alkanes of at least 4 members (excludes halogenated alkanes) is 21. The topological polar surface area (TPSA) is 231 Å². The molecule has 0 rings (SSSR count).